The lowest BCUT2D eigenvalue weighted by Gasteiger charge is -2.38. The summed E-state index contributed by atoms with van der Waals surface area (Å²) in [5.41, 5.74) is 9.33. The predicted molar refractivity (Wildman–Crippen MR) is 133 cm³/mol. The van der Waals surface area contributed by atoms with Crippen LogP contribution in [0.25, 0.3) is 0 Å². The molecule has 0 radical (unpaired) electrons. The molecular formula is C25H30N4O5S. The summed E-state index contributed by atoms with van der Waals surface area (Å²) in [6.07, 6.45) is 1.18. The molecule has 4 rings (SSSR count). The molecule has 1 saturated heterocycles. The molecule has 0 saturated carbocycles. The van der Waals surface area contributed by atoms with Crippen molar-refractivity contribution in [1.29, 1.82) is 0 Å². The fraction of sp³-hybridized carbons (Fsp3) is 0.400. The smallest absolute Gasteiger partial charge is 0.320 e. The maximum Gasteiger partial charge on any atom is 0.320 e. The molecule has 2 aliphatic heterocycles. The zero-order valence-electron chi connectivity index (χ0n) is 19.7. The van der Waals surface area contributed by atoms with Crippen molar-refractivity contribution in [2.24, 2.45) is 10.8 Å². The minimum Gasteiger partial charge on any atom is -0.465 e. The summed E-state index contributed by atoms with van der Waals surface area (Å²) in [7, 11) is -3.00. The number of nitrogens with zero attached hydrogens (tertiary/aromatic N) is 3. The number of ketones is 1. The van der Waals surface area contributed by atoms with Crippen LogP contribution in [0.2, 0.25) is 0 Å². The average Bonchev–Trinajstić information content (AvgIpc) is 2.85. The highest BCUT2D eigenvalue weighted by Crippen LogP contribution is 2.34. The van der Waals surface area contributed by atoms with Crippen molar-refractivity contribution < 1.29 is 22.7 Å². The maximum absolute atomic E-state index is 13.0. The first kappa shape index (κ1) is 25.0. The summed E-state index contributed by atoms with van der Waals surface area (Å²) in [5, 5.41) is 6.29. The Kier molecular flexibility index (Phi) is 7.63. The number of benzene rings is 2. The molecule has 0 amide bonds. The van der Waals surface area contributed by atoms with E-state index in [1.54, 1.807) is 42.4 Å². The third kappa shape index (κ3) is 5.95. The zero-order valence-corrected chi connectivity index (χ0v) is 20.5. The summed E-state index contributed by atoms with van der Waals surface area (Å²) < 4.78 is 28.6. The Balaban J connectivity index is 1.63. The number of hydrogen-bond donors (Lipinski definition) is 1. The van der Waals surface area contributed by atoms with Crippen LogP contribution in [0, 0.1) is 0 Å². The Morgan fingerprint density at radius 2 is 1.80 bits per heavy atom. The van der Waals surface area contributed by atoms with Gasteiger partial charge in [0.15, 0.2) is 15.6 Å². The Morgan fingerprint density at radius 3 is 2.49 bits per heavy atom. The van der Waals surface area contributed by atoms with E-state index in [1.165, 1.54) is 0 Å². The van der Waals surface area contributed by atoms with Gasteiger partial charge in [-0.3, -0.25) is 19.5 Å². The van der Waals surface area contributed by atoms with Crippen LogP contribution in [0.3, 0.4) is 0 Å². The highest BCUT2D eigenvalue weighted by Gasteiger charge is 2.33. The van der Waals surface area contributed by atoms with E-state index in [0.717, 1.165) is 11.1 Å². The van der Waals surface area contributed by atoms with E-state index in [2.05, 4.69) is 5.10 Å². The minimum absolute atomic E-state index is 0.0115. The van der Waals surface area contributed by atoms with Gasteiger partial charge in [-0.15, -0.1) is 0 Å². The van der Waals surface area contributed by atoms with E-state index in [4.69, 9.17) is 10.5 Å². The molecule has 10 heteroatoms. The molecule has 0 aliphatic carbocycles. The van der Waals surface area contributed by atoms with Gasteiger partial charge in [0.2, 0.25) is 0 Å². The van der Waals surface area contributed by atoms with Crippen LogP contribution in [-0.4, -0.2) is 80.6 Å². The molecule has 1 fully saturated rings. The molecule has 2 heterocycles. The molecule has 35 heavy (non-hydrogen) atoms. The first-order valence-electron chi connectivity index (χ1n) is 11.7. The Morgan fingerprint density at radius 1 is 1.09 bits per heavy atom. The van der Waals surface area contributed by atoms with Gasteiger partial charge in [-0.2, -0.15) is 5.10 Å². The molecule has 2 aromatic rings. The van der Waals surface area contributed by atoms with Gasteiger partial charge in [-0.1, -0.05) is 42.5 Å². The van der Waals surface area contributed by atoms with Crippen LogP contribution in [0.15, 0.2) is 53.6 Å². The van der Waals surface area contributed by atoms with Crippen LogP contribution in [0.1, 0.15) is 46.1 Å². The lowest BCUT2D eigenvalue weighted by molar-refractivity contribution is -0.145. The second-order valence-electron chi connectivity index (χ2n) is 8.69. The summed E-state index contributed by atoms with van der Waals surface area (Å²) in [6, 6.07) is 14.5. The number of carbonyl (C=O) groups excluding carboxylic acids is 2. The normalized spacial score (nSPS) is 22.1. The number of esters is 1. The highest BCUT2D eigenvalue weighted by atomic mass is 32.2. The van der Waals surface area contributed by atoms with Crippen molar-refractivity contribution in [3.05, 3.63) is 70.8 Å². The largest absolute Gasteiger partial charge is 0.465 e. The van der Waals surface area contributed by atoms with Crippen LogP contribution in [0.4, 0.5) is 0 Å². The summed E-state index contributed by atoms with van der Waals surface area (Å²) in [4.78, 5) is 27.1. The van der Waals surface area contributed by atoms with Crippen LogP contribution >= 0.6 is 0 Å². The molecular weight excluding hydrogens is 468 g/mol. The van der Waals surface area contributed by atoms with E-state index in [0.29, 0.717) is 30.8 Å². The monoisotopic (exact) mass is 498 g/mol. The van der Waals surface area contributed by atoms with Gasteiger partial charge < -0.3 is 10.5 Å². The molecule has 2 N–H and O–H groups in total. The van der Waals surface area contributed by atoms with E-state index < -0.39 is 16.0 Å². The Labute approximate surface area is 205 Å². The number of rotatable bonds is 7. The number of ether oxygens (including phenoxy) is 1. The zero-order chi connectivity index (χ0) is 25.0. The summed E-state index contributed by atoms with van der Waals surface area (Å²) in [5.74, 6) is -0.520. The molecule has 2 aromatic carbocycles. The van der Waals surface area contributed by atoms with Crippen molar-refractivity contribution in [3.63, 3.8) is 0 Å². The van der Waals surface area contributed by atoms with Gasteiger partial charge in [0, 0.05) is 29.8 Å². The van der Waals surface area contributed by atoms with E-state index >= 15 is 0 Å². The first-order chi connectivity index (χ1) is 16.8. The number of hydrazone groups is 1. The fourth-order valence-corrected chi connectivity index (χ4v) is 5.57. The van der Waals surface area contributed by atoms with Gasteiger partial charge in [0.05, 0.1) is 43.9 Å². The van der Waals surface area contributed by atoms with Gasteiger partial charge >= 0.3 is 5.97 Å². The van der Waals surface area contributed by atoms with Crippen molar-refractivity contribution >= 4 is 27.8 Å². The fourth-order valence-electron chi connectivity index (χ4n) is 4.38. The molecule has 186 valence electrons. The molecule has 2 unspecified atom stereocenters. The molecule has 0 bridgehead atoms. The molecule has 9 nitrogen and oxygen atoms in total. The van der Waals surface area contributed by atoms with Crippen molar-refractivity contribution in [2.45, 2.75) is 19.0 Å². The van der Waals surface area contributed by atoms with E-state index in [1.807, 2.05) is 29.2 Å². The van der Waals surface area contributed by atoms with Crippen LogP contribution in [0.5, 0.6) is 0 Å². The standard InChI is InChI=1S/C25H30N4O5S/c1-2-34-23(30)17-28-16-20(15-27-29-10-12-35(32,33)13-11-29)21-9-8-19(14-22(21)25(28)26)24(31)18-6-4-3-5-7-18/h3-9,14-15,20,25H,2,10-13,16-17,26H2,1H3. The number of carbonyl (C=O) groups is 2. The first-order valence-corrected chi connectivity index (χ1v) is 13.5. The Bertz CT molecular complexity index is 1200. The average molecular weight is 499 g/mol. The molecule has 2 atom stereocenters. The SMILES string of the molecule is CCOC(=O)CN1CC(C=NN2CCS(=O)(=O)CC2)c2ccc(C(=O)c3ccccc3)cc2C1N. The number of fused-ring (bicyclic) bond motifs is 1. The third-order valence-corrected chi connectivity index (χ3v) is 7.91. The van der Waals surface area contributed by atoms with Crippen molar-refractivity contribution in [2.75, 3.05) is 44.3 Å². The van der Waals surface area contributed by atoms with Gasteiger partial charge in [-0.05, 0) is 24.1 Å². The quantitative estimate of drug-likeness (QED) is 0.347. The highest BCUT2D eigenvalue weighted by molar-refractivity contribution is 7.91. The topological polar surface area (TPSA) is 122 Å². The summed E-state index contributed by atoms with van der Waals surface area (Å²) >= 11 is 0. The molecule has 0 spiro atoms. The van der Waals surface area contributed by atoms with Crippen LogP contribution in [-0.2, 0) is 19.4 Å². The molecule has 2 aliphatic rings. The summed E-state index contributed by atoms with van der Waals surface area (Å²) in [6.45, 7) is 3.16. The number of nitrogens with two attached hydrogens (primary N) is 1. The van der Waals surface area contributed by atoms with Crippen molar-refractivity contribution in [3.8, 4) is 0 Å². The number of hydrogen-bond acceptors (Lipinski definition) is 9. The van der Waals surface area contributed by atoms with Gasteiger partial charge in [0.1, 0.15) is 0 Å². The molecule has 0 aromatic heterocycles. The minimum atomic E-state index is -3.00. The van der Waals surface area contributed by atoms with Crippen LogP contribution < -0.4 is 5.73 Å². The van der Waals surface area contributed by atoms with Gasteiger partial charge in [0.25, 0.3) is 0 Å². The van der Waals surface area contributed by atoms with Gasteiger partial charge in [-0.25, -0.2) is 8.42 Å². The predicted octanol–water partition coefficient (Wildman–Crippen LogP) is 1.55. The third-order valence-electron chi connectivity index (χ3n) is 6.30. The Hall–Kier alpha value is -3.08. The second-order valence-corrected chi connectivity index (χ2v) is 11.0. The van der Waals surface area contributed by atoms with Crippen molar-refractivity contribution in [1.82, 2.24) is 9.91 Å². The maximum atomic E-state index is 13.0. The number of sulfone groups is 1. The van der Waals surface area contributed by atoms with E-state index in [-0.39, 0.29) is 42.3 Å². The lowest BCUT2D eigenvalue weighted by atomic mass is 9.86. The van der Waals surface area contributed by atoms with E-state index in [9.17, 15) is 18.0 Å². The lowest BCUT2D eigenvalue weighted by Crippen LogP contribution is -2.45. The second kappa shape index (κ2) is 10.7.